The molecule has 1 amide bonds. The molecule has 0 aliphatic carbocycles. The van der Waals surface area contributed by atoms with Crippen LogP contribution in [0.4, 0.5) is 4.39 Å². The van der Waals surface area contributed by atoms with E-state index in [1.165, 1.54) is 6.07 Å². The smallest absolute Gasteiger partial charge is 0.252 e. The molecule has 1 aromatic heterocycles. The van der Waals surface area contributed by atoms with Gasteiger partial charge in [-0.15, -0.1) is 0 Å². The fraction of sp³-hybridized carbons (Fsp3) is 0.158. The number of hydrogen-bond donors (Lipinski definition) is 1. The average molecular weight is 353 g/mol. The number of nitrogens with one attached hydrogen (secondary N) is 1. The van der Waals surface area contributed by atoms with Crippen molar-refractivity contribution in [1.82, 2.24) is 14.9 Å². The van der Waals surface area contributed by atoms with E-state index in [-0.39, 0.29) is 12.7 Å². The molecular weight excluding hydrogens is 337 g/mol. The van der Waals surface area contributed by atoms with Crippen molar-refractivity contribution in [2.75, 3.05) is 6.79 Å². The molecule has 132 valence electrons. The molecule has 6 nitrogen and oxygen atoms in total. The number of nitrogens with zero attached hydrogens (tertiary/aromatic N) is 2. The molecule has 0 bridgehead atoms. The molecule has 0 fully saturated rings. The van der Waals surface area contributed by atoms with Gasteiger partial charge in [0, 0.05) is 30.6 Å². The first kappa shape index (κ1) is 16.1. The second-order valence-corrected chi connectivity index (χ2v) is 5.89. The Morgan fingerprint density at radius 1 is 1.23 bits per heavy atom. The SMILES string of the molecule is Cn1ccnc1[C@H](NC(=O)c1ccc2c(c1)OCO2)c1ccccc1F. The molecule has 1 aliphatic heterocycles. The van der Waals surface area contributed by atoms with Crippen molar-refractivity contribution in [3.63, 3.8) is 0 Å². The molecule has 1 aliphatic rings. The van der Waals surface area contributed by atoms with Crippen molar-refractivity contribution in [1.29, 1.82) is 0 Å². The maximum atomic E-state index is 14.4. The van der Waals surface area contributed by atoms with Crippen LogP contribution >= 0.6 is 0 Å². The van der Waals surface area contributed by atoms with Crippen molar-refractivity contribution in [3.05, 3.63) is 77.6 Å². The minimum absolute atomic E-state index is 0.130. The minimum Gasteiger partial charge on any atom is -0.454 e. The number of amides is 1. The first-order valence-corrected chi connectivity index (χ1v) is 8.05. The summed E-state index contributed by atoms with van der Waals surface area (Å²) in [5, 5.41) is 2.87. The molecule has 1 N–H and O–H groups in total. The van der Waals surface area contributed by atoms with Crippen molar-refractivity contribution < 1.29 is 18.7 Å². The first-order chi connectivity index (χ1) is 12.6. The summed E-state index contributed by atoms with van der Waals surface area (Å²) in [5.74, 6) is 0.864. The number of hydrogen-bond acceptors (Lipinski definition) is 4. The molecule has 0 saturated heterocycles. The van der Waals surface area contributed by atoms with Crippen molar-refractivity contribution in [3.8, 4) is 11.5 Å². The van der Waals surface area contributed by atoms with Crippen LogP contribution in [0.1, 0.15) is 27.8 Å². The minimum atomic E-state index is -0.728. The number of halogens is 1. The number of fused-ring (bicyclic) bond motifs is 1. The molecule has 3 aromatic rings. The zero-order valence-corrected chi connectivity index (χ0v) is 14.0. The average Bonchev–Trinajstić information content (AvgIpc) is 3.28. The molecular formula is C19H16FN3O3. The van der Waals surface area contributed by atoms with E-state index in [9.17, 15) is 9.18 Å². The molecule has 1 atom stereocenters. The summed E-state index contributed by atoms with van der Waals surface area (Å²) >= 11 is 0. The lowest BCUT2D eigenvalue weighted by Gasteiger charge is -2.20. The van der Waals surface area contributed by atoms with Crippen LogP contribution in [-0.2, 0) is 7.05 Å². The third kappa shape index (κ3) is 2.88. The standard InChI is InChI=1S/C19H16FN3O3/c1-23-9-8-21-18(23)17(13-4-2-3-5-14(13)20)22-19(24)12-6-7-15-16(10-12)26-11-25-15/h2-10,17H,11H2,1H3,(H,22,24)/t17-/m1/s1. The van der Waals surface area contributed by atoms with Gasteiger partial charge in [0.25, 0.3) is 5.91 Å². The fourth-order valence-electron chi connectivity index (χ4n) is 2.90. The fourth-order valence-corrected chi connectivity index (χ4v) is 2.90. The zero-order chi connectivity index (χ0) is 18.1. The summed E-state index contributed by atoms with van der Waals surface area (Å²) in [6.07, 6.45) is 3.35. The predicted octanol–water partition coefficient (Wildman–Crippen LogP) is 2.81. The van der Waals surface area contributed by atoms with Gasteiger partial charge in [-0.3, -0.25) is 4.79 Å². The van der Waals surface area contributed by atoms with Gasteiger partial charge in [-0.1, -0.05) is 18.2 Å². The van der Waals surface area contributed by atoms with Crippen LogP contribution in [0.25, 0.3) is 0 Å². The largest absolute Gasteiger partial charge is 0.454 e. The summed E-state index contributed by atoms with van der Waals surface area (Å²) in [4.78, 5) is 17.1. The summed E-state index contributed by atoms with van der Waals surface area (Å²) in [5.41, 5.74) is 0.737. The van der Waals surface area contributed by atoms with Gasteiger partial charge >= 0.3 is 0 Å². The van der Waals surface area contributed by atoms with Crippen LogP contribution in [0.5, 0.6) is 11.5 Å². The van der Waals surface area contributed by atoms with Crippen LogP contribution in [0.3, 0.4) is 0 Å². The van der Waals surface area contributed by atoms with Gasteiger partial charge in [-0.25, -0.2) is 9.37 Å². The lowest BCUT2D eigenvalue weighted by molar-refractivity contribution is 0.0940. The number of imidazole rings is 1. The highest BCUT2D eigenvalue weighted by atomic mass is 19.1. The van der Waals surface area contributed by atoms with Crippen LogP contribution < -0.4 is 14.8 Å². The van der Waals surface area contributed by atoms with Gasteiger partial charge in [0.05, 0.1) is 0 Å². The second-order valence-electron chi connectivity index (χ2n) is 5.89. The third-order valence-electron chi connectivity index (χ3n) is 4.24. The van der Waals surface area contributed by atoms with Crippen molar-refractivity contribution in [2.45, 2.75) is 6.04 Å². The Hall–Kier alpha value is -3.35. The first-order valence-electron chi connectivity index (χ1n) is 8.05. The van der Waals surface area contributed by atoms with E-state index >= 15 is 0 Å². The Morgan fingerprint density at radius 2 is 2.04 bits per heavy atom. The van der Waals surface area contributed by atoms with E-state index in [4.69, 9.17) is 9.47 Å². The second kappa shape index (κ2) is 6.51. The van der Waals surface area contributed by atoms with E-state index in [0.29, 0.717) is 28.5 Å². The molecule has 2 aromatic carbocycles. The van der Waals surface area contributed by atoms with E-state index in [2.05, 4.69) is 10.3 Å². The highest BCUT2D eigenvalue weighted by Crippen LogP contribution is 2.33. The predicted molar refractivity (Wildman–Crippen MR) is 91.5 cm³/mol. The normalized spacial score (nSPS) is 13.5. The quantitative estimate of drug-likeness (QED) is 0.783. The topological polar surface area (TPSA) is 65.4 Å². The Kier molecular flexibility index (Phi) is 4.04. The number of carbonyl (C=O) groups excluding carboxylic acids is 1. The Morgan fingerprint density at radius 3 is 2.81 bits per heavy atom. The number of benzene rings is 2. The summed E-state index contributed by atoms with van der Waals surface area (Å²) in [6, 6.07) is 10.5. The van der Waals surface area contributed by atoms with Crippen LogP contribution in [0.15, 0.2) is 54.9 Å². The van der Waals surface area contributed by atoms with Gasteiger partial charge < -0.3 is 19.4 Å². The monoisotopic (exact) mass is 353 g/mol. The maximum Gasteiger partial charge on any atom is 0.252 e. The molecule has 4 rings (SSSR count). The van der Waals surface area contributed by atoms with Crippen LogP contribution in [0, 0.1) is 5.82 Å². The van der Waals surface area contributed by atoms with E-state index < -0.39 is 11.9 Å². The highest BCUT2D eigenvalue weighted by molar-refractivity contribution is 5.95. The van der Waals surface area contributed by atoms with E-state index in [1.54, 1.807) is 60.4 Å². The van der Waals surface area contributed by atoms with Gasteiger partial charge in [-0.2, -0.15) is 0 Å². The van der Waals surface area contributed by atoms with Crippen molar-refractivity contribution in [2.24, 2.45) is 7.05 Å². The molecule has 7 heteroatoms. The van der Waals surface area contributed by atoms with Crippen molar-refractivity contribution >= 4 is 5.91 Å². The van der Waals surface area contributed by atoms with Crippen LogP contribution in [-0.4, -0.2) is 22.3 Å². The van der Waals surface area contributed by atoms with E-state index in [0.717, 1.165) is 0 Å². The van der Waals surface area contributed by atoms with Crippen LogP contribution in [0.2, 0.25) is 0 Å². The number of aromatic nitrogens is 2. The Bertz CT molecular complexity index is 970. The molecule has 2 heterocycles. The summed E-state index contributed by atoms with van der Waals surface area (Å²) in [7, 11) is 1.79. The summed E-state index contributed by atoms with van der Waals surface area (Å²) in [6.45, 7) is 0.130. The number of aryl methyl sites for hydroxylation is 1. The Balaban J connectivity index is 1.68. The molecule has 0 saturated carbocycles. The zero-order valence-electron chi connectivity index (χ0n) is 14.0. The molecule has 0 spiro atoms. The lowest BCUT2D eigenvalue weighted by atomic mass is 10.0. The van der Waals surface area contributed by atoms with E-state index in [1.807, 2.05) is 0 Å². The number of rotatable bonds is 4. The number of ether oxygens (including phenoxy) is 2. The summed E-state index contributed by atoms with van der Waals surface area (Å²) < 4.78 is 26.7. The third-order valence-corrected chi connectivity index (χ3v) is 4.24. The van der Waals surface area contributed by atoms with Gasteiger partial charge in [-0.05, 0) is 24.3 Å². The molecule has 26 heavy (non-hydrogen) atoms. The molecule has 0 radical (unpaired) electrons. The van der Waals surface area contributed by atoms with Gasteiger partial charge in [0.15, 0.2) is 11.5 Å². The van der Waals surface area contributed by atoms with Gasteiger partial charge in [0.2, 0.25) is 6.79 Å². The maximum absolute atomic E-state index is 14.4. The number of carbonyl (C=O) groups is 1. The molecule has 0 unspecified atom stereocenters. The Labute approximate surface area is 149 Å². The highest BCUT2D eigenvalue weighted by Gasteiger charge is 2.25. The van der Waals surface area contributed by atoms with Gasteiger partial charge in [0.1, 0.15) is 17.7 Å². The lowest BCUT2D eigenvalue weighted by Crippen LogP contribution is -2.31.